The van der Waals surface area contributed by atoms with Gasteiger partial charge in [-0.25, -0.2) is 18.2 Å². The molecule has 3 aromatic rings. The van der Waals surface area contributed by atoms with E-state index in [0.29, 0.717) is 5.56 Å². The van der Waals surface area contributed by atoms with Crippen LogP contribution in [0.5, 0.6) is 0 Å². The Bertz CT molecular complexity index is 1670. The van der Waals surface area contributed by atoms with Gasteiger partial charge < -0.3 is 5.11 Å². The molecule has 0 bridgehead atoms. The second kappa shape index (κ2) is 20.7. The van der Waals surface area contributed by atoms with Crippen LogP contribution in [-0.2, 0) is 21.0 Å². The molecule has 3 rings (SSSR count). The second-order valence-electron chi connectivity index (χ2n) is 10.7. The minimum Gasteiger partial charge on any atom is -0.481 e. The van der Waals surface area contributed by atoms with E-state index in [1.54, 1.807) is 24.3 Å². The van der Waals surface area contributed by atoms with Crippen molar-refractivity contribution in [3.05, 3.63) is 127 Å². The molecule has 1 heterocycles. The maximum atomic E-state index is 13.1. The lowest BCUT2D eigenvalue weighted by Gasteiger charge is -2.09. The number of nitrogens with two attached hydrogens (primary N) is 1. The number of aliphatic carboxylic acids is 1. The summed E-state index contributed by atoms with van der Waals surface area (Å²) in [6, 6.07) is 13.1. The molecule has 0 radical (unpaired) electrons. The highest BCUT2D eigenvalue weighted by Gasteiger charge is 2.35. The number of alkyl halides is 3. The number of unbranched alkanes of at least 4 members (excludes halogenated alkanes) is 1. The predicted octanol–water partition coefficient (Wildman–Crippen LogP) is 9.51. The molecule has 11 heteroatoms. The lowest BCUT2D eigenvalue weighted by Crippen LogP contribution is -2.12. The maximum absolute atomic E-state index is 13.1. The van der Waals surface area contributed by atoms with E-state index in [2.05, 4.69) is 72.8 Å². The molecule has 0 aliphatic rings. The summed E-state index contributed by atoms with van der Waals surface area (Å²) in [5.74, 6) is -0.715. The number of sulfonamides is 1. The van der Waals surface area contributed by atoms with Crippen molar-refractivity contribution in [3.8, 4) is 16.9 Å². The van der Waals surface area contributed by atoms with Crippen molar-refractivity contribution in [2.45, 2.75) is 76.3 Å². The highest BCUT2D eigenvalue weighted by Crippen LogP contribution is 2.33. The number of carboxylic acids is 1. The van der Waals surface area contributed by atoms with Gasteiger partial charge in [0.15, 0.2) is 5.69 Å². The molecule has 0 saturated heterocycles. The van der Waals surface area contributed by atoms with Crippen LogP contribution in [0.2, 0.25) is 0 Å². The number of halogens is 3. The standard InChI is InChI=1S/C20H30O2.C17H14F3N3O2S/c1-2-3-4-5-6-7-8-9-10-11-12-13-14-15-16-17-18-19-20(21)22;1-11-2-4-12(5-3-11)15-10-16(17(18,19)20)22-23(15)13-6-8-14(9-7-13)26(21,24)25/h3-4,6-7,9-10,12-13,15-16H,2,5,8,11,14,17-19H2,1H3,(H,21,22);2-10H,1H3,(H2,21,24,25)/b4-3-,7-6-,10-9-,13-12-,16-15-;. The molecule has 0 aliphatic carbocycles. The van der Waals surface area contributed by atoms with Crippen LogP contribution in [-0.4, -0.2) is 29.3 Å². The molecule has 0 saturated carbocycles. The van der Waals surface area contributed by atoms with E-state index in [1.165, 1.54) is 24.3 Å². The maximum Gasteiger partial charge on any atom is 0.435 e. The molecular formula is C37H44F3N3O4S. The van der Waals surface area contributed by atoms with Crippen LogP contribution in [0.15, 0.2) is 120 Å². The number of carboxylic acid groups (broad SMARTS) is 1. The van der Waals surface area contributed by atoms with Crippen molar-refractivity contribution in [2.75, 3.05) is 0 Å². The molecule has 3 N–H and O–H groups in total. The number of hydrogen-bond acceptors (Lipinski definition) is 4. The molecule has 0 fully saturated rings. The summed E-state index contributed by atoms with van der Waals surface area (Å²) in [6.07, 6.45) is 23.8. The Morgan fingerprint density at radius 1 is 0.833 bits per heavy atom. The third-order valence-corrected chi connectivity index (χ3v) is 7.61. The highest BCUT2D eigenvalue weighted by atomic mass is 32.2. The van der Waals surface area contributed by atoms with Crippen LogP contribution in [0.25, 0.3) is 16.9 Å². The lowest BCUT2D eigenvalue weighted by atomic mass is 10.1. The first-order chi connectivity index (χ1) is 22.8. The van der Waals surface area contributed by atoms with Gasteiger partial charge in [0, 0.05) is 12.0 Å². The third-order valence-electron chi connectivity index (χ3n) is 6.68. The van der Waals surface area contributed by atoms with Crippen molar-refractivity contribution in [1.29, 1.82) is 0 Å². The minimum atomic E-state index is -4.61. The summed E-state index contributed by atoms with van der Waals surface area (Å²) < 4.78 is 63.2. The van der Waals surface area contributed by atoms with Crippen LogP contribution in [0.3, 0.4) is 0 Å². The van der Waals surface area contributed by atoms with E-state index in [-0.39, 0.29) is 22.7 Å². The summed E-state index contributed by atoms with van der Waals surface area (Å²) in [5.41, 5.74) is 0.996. The number of allylic oxidation sites excluding steroid dienone is 10. The molecule has 0 amide bonds. The Labute approximate surface area is 281 Å². The first-order valence-corrected chi connectivity index (χ1v) is 17.2. The first-order valence-electron chi connectivity index (χ1n) is 15.7. The van der Waals surface area contributed by atoms with Crippen LogP contribution in [0.4, 0.5) is 13.2 Å². The van der Waals surface area contributed by atoms with E-state index in [4.69, 9.17) is 10.2 Å². The largest absolute Gasteiger partial charge is 0.481 e. The van der Waals surface area contributed by atoms with Crippen molar-refractivity contribution in [2.24, 2.45) is 5.14 Å². The fourth-order valence-electron chi connectivity index (χ4n) is 4.16. The van der Waals surface area contributed by atoms with Gasteiger partial charge in [0.05, 0.1) is 16.3 Å². The van der Waals surface area contributed by atoms with Crippen LogP contribution >= 0.6 is 0 Å². The van der Waals surface area contributed by atoms with Crippen LogP contribution in [0.1, 0.15) is 69.5 Å². The lowest BCUT2D eigenvalue weighted by molar-refractivity contribution is -0.141. The van der Waals surface area contributed by atoms with Crippen molar-refractivity contribution in [3.63, 3.8) is 0 Å². The van der Waals surface area contributed by atoms with Gasteiger partial charge in [0.25, 0.3) is 0 Å². The van der Waals surface area contributed by atoms with Gasteiger partial charge in [0.2, 0.25) is 10.0 Å². The Morgan fingerprint density at radius 2 is 1.33 bits per heavy atom. The summed E-state index contributed by atoms with van der Waals surface area (Å²) in [7, 11) is -3.90. The zero-order valence-corrected chi connectivity index (χ0v) is 28.1. The smallest absolute Gasteiger partial charge is 0.435 e. The molecule has 7 nitrogen and oxygen atoms in total. The second-order valence-corrected chi connectivity index (χ2v) is 12.3. The van der Waals surface area contributed by atoms with Crippen molar-refractivity contribution in [1.82, 2.24) is 9.78 Å². The summed E-state index contributed by atoms with van der Waals surface area (Å²) in [4.78, 5) is 10.2. The van der Waals surface area contributed by atoms with E-state index in [0.717, 1.165) is 61.3 Å². The number of primary sulfonamides is 1. The number of rotatable bonds is 16. The minimum absolute atomic E-state index is 0.138. The monoisotopic (exact) mass is 683 g/mol. The molecule has 0 atom stereocenters. The van der Waals surface area contributed by atoms with Gasteiger partial charge in [0.1, 0.15) is 0 Å². The van der Waals surface area contributed by atoms with Gasteiger partial charge >= 0.3 is 12.1 Å². The molecule has 0 aliphatic heterocycles. The number of hydrogen-bond donors (Lipinski definition) is 2. The predicted molar refractivity (Wildman–Crippen MR) is 186 cm³/mol. The van der Waals surface area contributed by atoms with Gasteiger partial charge in [-0.2, -0.15) is 18.3 Å². The summed E-state index contributed by atoms with van der Waals surface area (Å²) in [6.45, 7) is 4.01. The fraction of sp³-hybridized carbons (Fsp3) is 0.297. The van der Waals surface area contributed by atoms with Gasteiger partial charge in [-0.05, 0) is 82.2 Å². The summed E-state index contributed by atoms with van der Waals surface area (Å²) >= 11 is 0. The average Bonchev–Trinajstić information content (AvgIpc) is 3.49. The van der Waals surface area contributed by atoms with Crippen LogP contribution in [0, 0.1) is 6.92 Å². The zero-order valence-electron chi connectivity index (χ0n) is 27.3. The van der Waals surface area contributed by atoms with Crippen LogP contribution < -0.4 is 5.14 Å². The average molecular weight is 684 g/mol. The Kier molecular flexibility index (Phi) is 17.1. The molecule has 2 aromatic carbocycles. The first kappa shape index (κ1) is 39.7. The molecule has 48 heavy (non-hydrogen) atoms. The van der Waals surface area contributed by atoms with E-state index >= 15 is 0 Å². The summed E-state index contributed by atoms with van der Waals surface area (Å²) in [5, 5.41) is 17.2. The SMILES string of the molecule is CC/C=C\C/C=C\C/C=C\C/C=C\C/C=C\CCCC(=O)O.Cc1ccc(-c2cc(C(F)(F)F)nn2-c2ccc(S(N)(=O)=O)cc2)cc1. The molecule has 0 spiro atoms. The van der Waals surface area contributed by atoms with E-state index in [1.807, 2.05) is 6.92 Å². The number of carbonyl (C=O) groups is 1. The molecule has 0 unspecified atom stereocenters. The Balaban J connectivity index is 0.000000340. The van der Waals surface area contributed by atoms with E-state index in [9.17, 15) is 26.4 Å². The Hall–Kier alpha value is -4.48. The van der Waals surface area contributed by atoms with Crippen molar-refractivity contribution < 1.29 is 31.5 Å². The number of benzene rings is 2. The quantitative estimate of drug-likeness (QED) is 0.115. The van der Waals surface area contributed by atoms with Gasteiger partial charge in [-0.1, -0.05) is 97.5 Å². The molecular weight excluding hydrogens is 639 g/mol. The van der Waals surface area contributed by atoms with Gasteiger partial charge in [-0.15, -0.1) is 0 Å². The molecule has 258 valence electrons. The normalized spacial score (nSPS) is 12.5. The van der Waals surface area contributed by atoms with Gasteiger partial charge in [-0.3, -0.25) is 4.79 Å². The zero-order chi connectivity index (χ0) is 35.4. The number of aromatic nitrogens is 2. The highest BCUT2D eigenvalue weighted by molar-refractivity contribution is 7.89. The topological polar surface area (TPSA) is 115 Å². The molecule has 1 aromatic heterocycles. The third kappa shape index (κ3) is 15.4. The number of nitrogens with zero attached hydrogens (tertiary/aromatic N) is 2. The fourth-order valence-corrected chi connectivity index (χ4v) is 4.68. The van der Waals surface area contributed by atoms with E-state index < -0.39 is 27.9 Å². The number of aryl methyl sites for hydroxylation is 1. The van der Waals surface area contributed by atoms with Crippen molar-refractivity contribution >= 4 is 16.0 Å². The Morgan fingerprint density at radius 3 is 1.79 bits per heavy atom.